The Morgan fingerprint density at radius 3 is 2.34 bits per heavy atom. The Morgan fingerprint density at radius 1 is 0.931 bits per heavy atom. The van der Waals surface area contributed by atoms with Gasteiger partial charge in [-0.25, -0.2) is 0 Å². The molecule has 3 rings (SSSR count). The van der Waals surface area contributed by atoms with Gasteiger partial charge in [-0.1, -0.05) is 0 Å². The minimum absolute atomic E-state index is 0.348. The maximum absolute atomic E-state index is 5.38. The Labute approximate surface area is 170 Å². The van der Waals surface area contributed by atoms with Gasteiger partial charge in [0.15, 0.2) is 5.82 Å². The molecule has 152 valence electrons. The number of ether oxygens (including phenoxy) is 2. The van der Waals surface area contributed by atoms with E-state index < -0.39 is 0 Å². The third kappa shape index (κ3) is 5.04. The van der Waals surface area contributed by atoms with Crippen LogP contribution in [-0.4, -0.2) is 42.5 Å². The summed E-state index contributed by atoms with van der Waals surface area (Å²) in [5, 5.41) is 14.5. The summed E-state index contributed by atoms with van der Waals surface area (Å²) in [7, 11) is 3.21. The molecule has 0 radical (unpaired) electrons. The number of benzene rings is 2. The summed E-state index contributed by atoms with van der Waals surface area (Å²) in [6.45, 7) is 6.24. The van der Waals surface area contributed by atoms with Crippen molar-refractivity contribution in [3.63, 3.8) is 0 Å². The number of nitrogens with zero attached hydrogens (tertiary/aromatic N) is 4. The van der Waals surface area contributed by atoms with Crippen molar-refractivity contribution in [2.24, 2.45) is 0 Å². The summed E-state index contributed by atoms with van der Waals surface area (Å²) in [6, 6.07) is 13.7. The number of nitrogens with one attached hydrogen (secondary N) is 2. The topological polar surface area (TPSA) is 84.4 Å². The maximum Gasteiger partial charge on any atom is 0.249 e. The van der Waals surface area contributed by atoms with E-state index in [1.54, 1.807) is 20.4 Å². The quantitative estimate of drug-likeness (QED) is 0.558. The van der Waals surface area contributed by atoms with E-state index in [9.17, 15) is 0 Å². The van der Waals surface area contributed by atoms with Crippen LogP contribution in [0.15, 0.2) is 48.7 Å². The van der Waals surface area contributed by atoms with Crippen LogP contribution in [0.3, 0.4) is 0 Å². The largest absolute Gasteiger partial charge is 0.497 e. The zero-order chi connectivity index (χ0) is 20.6. The molecule has 0 bridgehead atoms. The summed E-state index contributed by atoms with van der Waals surface area (Å²) >= 11 is 0. The number of hydrogen-bond donors (Lipinski definition) is 2. The zero-order valence-corrected chi connectivity index (χ0v) is 17.1. The summed E-state index contributed by atoms with van der Waals surface area (Å²) in [4.78, 5) is 6.77. The second kappa shape index (κ2) is 9.59. The van der Waals surface area contributed by atoms with E-state index in [1.165, 1.54) is 5.69 Å². The predicted molar refractivity (Wildman–Crippen MR) is 116 cm³/mol. The van der Waals surface area contributed by atoms with Crippen LogP contribution in [0.5, 0.6) is 11.5 Å². The minimum atomic E-state index is 0.348. The molecule has 0 amide bonds. The van der Waals surface area contributed by atoms with Gasteiger partial charge in [0.25, 0.3) is 0 Å². The van der Waals surface area contributed by atoms with E-state index in [-0.39, 0.29) is 0 Å². The molecule has 0 unspecified atom stereocenters. The van der Waals surface area contributed by atoms with Crippen molar-refractivity contribution in [3.8, 4) is 11.5 Å². The van der Waals surface area contributed by atoms with Gasteiger partial charge in [0.1, 0.15) is 11.5 Å². The SMILES string of the molecule is CCN(CC)c1ccc(Nc2cnnc(Nc3cc(OC)ccc3OC)n2)cc1. The standard InChI is InChI=1S/C21H26N6O2/c1-5-27(6-2)16-9-7-15(8-10-16)23-20-14-22-26-21(25-20)24-18-13-17(28-3)11-12-19(18)29-4/h7-14H,5-6H2,1-4H3,(H2,23,24,25,26). The normalized spacial score (nSPS) is 10.3. The number of methoxy groups -OCH3 is 2. The molecule has 0 atom stereocenters. The summed E-state index contributed by atoms with van der Waals surface area (Å²) < 4.78 is 10.6. The zero-order valence-electron chi connectivity index (χ0n) is 17.1. The highest BCUT2D eigenvalue weighted by molar-refractivity contribution is 5.66. The Kier molecular flexibility index (Phi) is 6.67. The number of aromatic nitrogens is 3. The van der Waals surface area contributed by atoms with Gasteiger partial charge in [0.2, 0.25) is 5.95 Å². The van der Waals surface area contributed by atoms with Crippen LogP contribution in [0.4, 0.5) is 28.8 Å². The second-order valence-corrected chi connectivity index (χ2v) is 6.20. The van der Waals surface area contributed by atoms with E-state index in [0.29, 0.717) is 29.0 Å². The van der Waals surface area contributed by atoms with Crippen LogP contribution in [0.25, 0.3) is 0 Å². The smallest absolute Gasteiger partial charge is 0.249 e. The lowest BCUT2D eigenvalue weighted by molar-refractivity contribution is 0.405. The fraction of sp³-hybridized carbons (Fsp3) is 0.286. The first-order valence-electron chi connectivity index (χ1n) is 9.47. The molecule has 0 aliphatic rings. The predicted octanol–water partition coefficient (Wildman–Crippen LogP) is 4.22. The van der Waals surface area contributed by atoms with Crippen molar-refractivity contribution in [3.05, 3.63) is 48.7 Å². The minimum Gasteiger partial charge on any atom is -0.497 e. The highest BCUT2D eigenvalue weighted by Crippen LogP contribution is 2.30. The molecule has 8 nitrogen and oxygen atoms in total. The molecule has 0 saturated heterocycles. The van der Waals surface area contributed by atoms with Gasteiger partial charge in [-0.15, -0.1) is 5.10 Å². The van der Waals surface area contributed by atoms with Gasteiger partial charge >= 0.3 is 0 Å². The lowest BCUT2D eigenvalue weighted by Gasteiger charge is -2.21. The van der Waals surface area contributed by atoms with Gasteiger partial charge in [-0.3, -0.25) is 0 Å². The maximum atomic E-state index is 5.38. The number of anilines is 5. The Bertz CT molecular complexity index is 929. The first-order chi connectivity index (χ1) is 14.2. The van der Waals surface area contributed by atoms with E-state index in [1.807, 2.05) is 30.3 Å². The Hall–Kier alpha value is -3.55. The third-order valence-corrected chi connectivity index (χ3v) is 4.48. The van der Waals surface area contributed by atoms with Crippen molar-refractivity contribution in [1.82, 2.24) is 15.2 Å². The molecular weight excluding hydrogens is 368 g/mol. The monoisotopic (exact) mass is 394 g/mol. The highest BCUT2D eigenvalue weighted by Gasteiger charge is 2.09. The van der Waals surface area contributed by atoms with Gasteiger partial charge in [0, 0.05) is 30.5 Å². The molecule has 8 heteroatoms. The molecule has 0 spiro atoms. The average molecular weight is 394 g/mol. The average Bonchev–Trinajstić information content (AvgIpc) is 2.76. The first-order valence-corrected chi connectivity index (χ1v) is 9.47. The molecule has 2 N–H and O–H groups in total. The Morgan fingerprint density at radius 2 is 1.69 bits per heavy atom. The first kappa shape index (κ1) is 20.2. The summed E-state index contributed by atoms with van der Waals surface area (Å²) in [5.41, 5.74) is 2.80. The lowest BCUT2D eigenvalue weighted by atomic mass is 10.2. The van der Waals surface area contributed by atoms with E-state index in [0.717, 1.165) is 18.8 Å². The molecule has 1 aromatic heterocycles. The summed E-state index contributed by atoms with van der Waals surface area (Å²) in [5.74, 6) is 2.28. The molecule has 3 aromatic rings. The molecule has 29 heavy (non-hydrogen) atoms. The van der Waals surface area contributed by atoms with Crippen LogP contribution in [-0.2, 0) is 0 Å². The van der Waals surface area contributed by atoms with Crippen LogP contribution >= 0.6 is 0 Å². The van der Waals surface area contributed by atoms with Gasteiger partial charge in [-0.2, -0.15) is 10.1 Å². The lowest BCUT2D eigenvalue weighted by Crippen LogP contribution is -2.21. The van der Waals surface area contributed by atoms with Gasteiger partial charge < -0.3 is 25.0 Å². The fourth-order valence-corrected chi connectivity index (χ4v) is 2.94. The third-order valence-electron chi connectivity index (χ3n) is 4.48. The number of rotatable bonds is 9. The van der Waals surface area contributed by atoms with Crippen molar-refractivity contribution in [2.45, 2.75) is 13.8 Å². The number of hydrogen-bond acceptors (Lipinski definition) is 8. The van der Waals surface area contributed by atoms with Crippen molar-refractivity contribution in [2.75, 3.05) is 42.8 Å². The van der Waals surface area contributed by atoms with Crippen LogP contribution in [0.1, 0.15) is 13.8 Å². The fourth-order valence-electron chi connectivity index (χ4n) is 2.94. The van der Waals surface area contributed by atoms with Crippen LogP contribution in [0.2, 0.25) is 0 Å². The van der Waals surface area contributed by atoms with Gasteiger partial charge in [-0.05, 0) is 50.2 Å². The highest BCUT2D eigenvalue weighted by atomic mass is 16.5. The van der Waals surface area contributed by atoms with E-state index in [2.05, 4.69) is 56.7 Å². The van der Waals surface area contributed by atoms with Crippen molar-refractivity contribution < 1.29 is 9.47 Å². The van der Waals surface area contributed by atoms with Crippen LogP contribution < -0.4 is 25.0 Å². The molecular formula is C21H26N6O2. The second-order valence-electron chi connectivity index (χ2n) is 6.20. The summed E-state index contributed by atoms with van der Waals surface area (Å²) in [6.07, 6.45) is 1.58. The Balaban J connectivity index is 1.75. The van der Waals surface area contributed by atoms with Crippen molar-refractivity contribution >= 4 is 28.8 Å². The molecule has 0 saturated carbocycles. The molecule has 0 aliphatic heterocycles. The molecule has 0 aliphatic carbocycles. The molecule has 1 heterocycles. The molecule has 2 aromatic carbocycles. The van der Waals surface area contributed by atoms with E-state index in [4.69, 9.17) is 9.47 Å². The van der Waals surface area contributed by atoms with E-state index >= 15 is 0 Å². The van der Waals surface area contributed by atoms with Crippen molar-refractivity contribution in [1.29, 1.82) is 0 Å². The van der Waals surface area contributed by atoms with Gasteiger partial charge in [0.05, 0.1) is 26.1 Å². The van der Waals surface area contributed by atoms with Crippen LogP contribution in [0, 0.1) is 0 Å². The molecule has 0 fully saturated rings.